The molecule has 8 nitrogen and oxygen atoms in total. The van der Waals surface area contributed by atoms with Crippen molar-refractivity contribution in [1.29, 1.82) is 5.26 Å². The number of aromatic nitrogens is 1. The van der Waals surface area contributed by atoms with Crippen LogP contribution < -0.4 is 10.6 Å². The van der Waals surface area contributed by atoms with Crippen molar-refractivity contribution in [1.82, 2.24) is 15.2 Å². The number of nitriles is 1. The van der Waals surface area contributed by atoms with Gasteiger partial charge in [-0.2, -0.15) is 5.26 Å². The first-order chi connectivity index (χ1) is 13.7. The summed E-state index contributed by atoms with van der Waals surface area (Å²) >= 11 is 0. The van der Waals surface area contributed by atoms with Crippen molar-refractivity contribution < 1.29 is 14.3 Å². The van der Waals surface area contributed by atoms with Crippen molar-refractivity contribution in [2.45, 2.75) is 0 Å². The number of rotatable bonds is 6. The predicted octanol–water partition coefficient (Wildman–Crippen LogP) is 1.27. The van der Waals surface area contributed by atoms with Crippen LogP contribution in [0.25, 0.3) is 0 Å². The van der Waals surface area contributed by atoms with E-state index in [9.17, 15) is 9.59 Å². The molecule has 28 heavy (non-hydrogen) atoms. The highest BCUT2D eigenvalue weighted by molar-refractivity contribution is 6.05. The normalized spacial score (nSPS) is 14.1. The Bertz CT molecular complexity index is 887. The molecule has 0 unspecified atom stereocenters. The lowest BCUT2D eigenvalue weighted by molar-refractivity contribution is 0.0383. The predicted molar refractivity (Wildman–Crippen MR) is 103 cm³/mol. The van der Waals surface area contributed by atoms with Gasteiger partial charge in [0.1, 0.15) is 0 Å². The number of hydrogen-bond donors (Lipinski definition) is 2. The van der Waals surface area contributed by atoms with Gasteiger partial charge in [-0.1, -0.05) is 6.07 Å². The summed E-state index contributed by atoms with van der Waals surface area (Å²) in [4.78, 5) is 31.0. The summed E-state index contributed by atoms with van der Waals surface area (Å²) in [6, 6.07) is 10.1. The lowest BCUT2D eigenvalue weighted by atomic mass is 10.1. The SMILES string of the molecule is N#Cc1cccc(NC(=O)c2cncc(C(=O)NCCN3CCOCC3)c2)c1. The highest BCUT2D eigenvalue weighted by Gasteiger charge is 2.13. The molecule has 1 fully saturated rings. The summed E-state index contributed by atoms with van der Waals surface area (Å²) in [5.41, 5.74) is 1.54. The van der Waals surface area contributed by atoms with Crippen molar-refractivity contribution in [3.8, 4) is 6.07 Å². The molecule has 0 aliphatic carbocycles. The highest BCUT2D eigenvalue weighted by Crippen LogP contribution is 2.12. The first kappa shape index (κ1) is 19.5. The average Bonchev–Trinajstić information content (AvgIpc) is 2.74. The number of benzene rings is 1. The lowest BCUT2D eigenvalue weighted by Gasteiger charge is -2.26. The molecule has 1 aromatic carbocycles. The maximum absolute atomic E-state index is 12.4. The van der Waals surface area contributed by atoms with Crippen LogP contribution in [0, 0.1) is 11.3 Å². The van der Waals surface area contributed by atoms with E-state index in [0.29, 0.717) is 36.6 Å². The second kappa shape index (κ2) is 9.60. The summed E-state index contributed by atoms with van der Waals surface area (Å²) in [6.07, 6.45) is 2.82. The van der Waals surface area contributed by atoms with Crippen LogP contribution in [0.2, 0.25) is 0 Å². The van der Waals surface area contributed by atoms with E-state index in [1.807, 2.05) is 6.07 Å². The molecular weight excluding hydrogens is 358 g/mol. The van der Waals surface area contributed by atoms with Gasteiger partial charge in [0.2, 0.25) is 0 Å². The van der Waals surface area contributed by atoms with Crippen LogP contribution in [0.4, 0.5) is 5.69 Å². The molecule has 1 aliphatic rings. The highest BCUT2D eigenvalue weighted by atomic mass is 16.5. The van der Waals surface area contributed by atoms with Crippen LogP contribution in [0.15, 0.2) is 42.7 Å². The van der Waals surface area contributed by atoms with Gasteiger partial charge in [-0.3, -0.25) is 19.5 Å². The molecule has 2 aromatic rings. The second-order valence-electron chi connectivity index (χ2n) is 6.32. The van der Waals surface area contributed by atoms with E-state index in [-0.39, 0.29) is 11.5 Å². The Morgan fingerprint density at radius 3 is 2.64 bits per heavy atom. The van der Waals surface area contributed by atoms with Gasteiger partial charge >= 0.3 is 0 Å². The molecule has 1 saturated heterocycles. The van der Waals surface area contributed by atoms with Gasteiger partial charge in [0.15, 0.2) is 0 Å². The minimum atomic E-state index is -0.398. The molecule has 1 aliphatic heterocycles. The number of amides is 2. The summed E-state index contributed by atoms with van der Waals surface area (Å²) in [5.74, 6) is -0.674. The van der Waals surface area contributed by atoms with Gasteiger partial charge in [0.25, 0.3) is 11.8 Å². The summed E-state index contributed by atoms with van der Waals surface area (Å²) in [6.45, 7) is 4.41. The molecule has 2 N–H and O–H groups in total. The van der Waals surface area contributed by atoms with E-state index < -0.39 is 5.91 Å². The van der Waals surface area contributed by atoms with Crippen LogP contribution in [0.1, 0.15) is 26.3 Å². The number of pyridine rings is 1. The zero-order valence-corrected chi connectivity index (χ0v) is 15.4. The Labute approximate surface area is 163 Å². The minimum Gasteiger partial charge on any atom is -0.379 e. The number of nitrogens with one attached hydrogen (secondary N) is 2. The molecule has 0 spiro atoms. The molecular formula is C20H21N5O3. The molecule has 0 atom stereocenters. The molecule has 0 radical (unpaired) electrons. The van der Waals surface area contributed by atoms with E-state index in [1.165, 1.54) is 18.5 Å². The Morgan fingerprint density at radius 2 is 1.89 bits per heavy atom. The van der Waals surface area contributed by atoms with E-state index >= 15 is 0 Å². The third-order valence-corrected chi connectivity index (χ3v) is 4.33. The lowest BCUT2D eigenvalue weighted by Crippen LogP contribution is -2.41. The molecule has 2 amide bonds. The van der Waals surface area contributed by atoms with Crippen molar-refractivity contribution in [2.24, 2.45) is 0 Å². The van der Waals surface area contributed by atoms with Crippen LogP contribution in [0.5, 0.6) is 0 Å². The Balaban J connectivity index is 1.57. The fourth-order valence-corrected chi connectivity index (χ4v) is 2.81. The monoisotopic (exact) mass is 379 g/mol. The second-order valence-corrected chi connectivity index (χ2v) is 6.32. The smallest absolute Gasteiger partial charge is 0.257 e. The minimum absolute atomic E-state index is 0.267. The molecule has 1 aromatic heterocycles. The van der Waals surface area contributed by atoms with Gasteiger partial charge in [-0.05, 0) is 24.3 Å². The quantitative estimate of drug-likeness (QED) is 0.783. The number of nitrogens with zero attached hydrogens (tertiary/aromatic N) is 3. The first-order valence-electron chi connectivity index (χ1n) is 9.00. The van der Waals surface area contributed by atoms with Crippen molar-refractivity contribution in [2.75, 3.05) is 44.7 Å². The van der Waals surface area contributed by atoms with Crippen LogP contribution in [-0.4, -0.2) is 61.1 Å². The van der Waals surface area contributed by atoms with Gasteiger partial charge in [0, 0.05) is 44.3 Å². The topological polar surface area (TPSA) is 107 Å². The molecule has 0 bridgehead atoms. The Hall–Kier alpha value is -3.28. The van der Waals surface area contributed by atoms with Crippen LogP contribution >= 0.6 is 0 Å². The first-order valence-corrected chi connectivity index (χ1v) is 9.00. The van der Waals surface area contributed by atoms with Crippen LogP contribution in [-0.2, 0) is 4.74 Å². The van der Waals surface area contributed by atoms with Gasteiger partial charge in [-0.25, -0.2) is 0 Å². The number of anilines is 1. The number of carbonyl (C=O) groups excluding carboxylic acids is 2. The average molecular weight is 379 g/mol. The van der Waals surface area contributed by atoms with E-state index in [2.05, 4.69) is 20.5 Å². The largest absolute Gasteiger partial charge is 0.379 e. The fourth-order valence-electron chi connectivity index (χ4n) is 2.81. The van der Waals surface area contributed by atoms with Crippen molar-refractivity contribution in [3.05, 3.63) is 59.4 Å². The number of ether oxygens (including phenoxy) is 1. The maximum Gasteiger partial charge on any atom is 0.257 e. The Morgan fingerprint density at radius 1 is 1.14 bits per heavy atom. The van der Waals surface area contributed by atoms with Gasteiger partial charge in [-0.15, -0.1) is 0 Å². The zero-order chi connectivity index (χ0) is 19.8. The van der Waals surface area contributed by atoms with Crippen LogP contribution in [0.3, 0.4) is 0 Å². The third kappa shape index (κ3) is 5.36. The molecule has 8 heteroatoms. The molecule has 3 rings (SSSR count). The molecule has 2 heterocycles. The summed E-state index contributed by atoms with van der Waals surface area (Å²) in [5, 5.41) is 14.5. The Kier molecular flexibility index (Phi) is 6.68. The number of hydrogen-bond acceptors (Lipinski definition) is 6. The van der Waals surface area contributed by atoms with Gasteiger partial charge < -0.3 is 15.4 Å². The molecule has 0 saturated carbocycles. The summed E-state index contributed by atoms with van der Waals surface area (Å²) in [7, 11) is 0. The standard InChI is InChI=1S/C20H21N5O3/c21-12-15-2-1-3-18(10-15)24-20(27)17-11-16(13-22-14-17)19(26)23-4-5-25-6-8-28-9-7-25/h1-3,10-11,13-14H,4-9H2,(H,23,26)(H,24,27). The van der Waals surface area contributed by atoms with Gasteiger partial charge in [0.05, 0.1) is 36.0 Å². The molecule has 144 valence electrons. The maximum atomic E-state index is 12.4. The van der Waals surface area contributed by atoms with E-state index in [1.54, 1.807) is 24.3 Å². The van der Waals surface area contributed by atoms with Crippen molar-refractivity contribution in [3.63, 3.8) is 0 Å². The third-order valence-electron chi connectivity index (χ3n) is 4.33. The van der Waals surface area contributed by atoms with Crippen molar-refractivity contribution >= 4 is 17.5 Å². The fraction of sp³-hybridized carbons (Fsp3) is 0.300. The zero-order valence-electron chi connectivity index (χ0n) is 15.4. The number of morpholine rings is 1. The summed E-state index contributed by atoms with van der Waals surface area (Å²) < 4.78 is 5.30. The van der Waals surface area contributed by atoms with E-state index in [4.69, 9.17) is 10.00 Å². The number of carbonyl (C=O) groups is 2. The van der Waals surface area contributed by atoms with E-state index in [0.717, 1.165) is 19.6 Å².